The van der Waals surface area contributed by atoms with E-state index in [0.717, 1.165) is 11.1 Å². The van der Waals surface area contributed by atoms with Crippen molar-refractivity contribution < 1.29 is 0 Å². The normalized spacial score (nSPS) is 10.9. The number of benzene rings is 2. The second kappa shape index (κ2) is 6.16. The minimum absolute atomic E-state index is 0.224. The summed E-state index contributed by atoms with van der Waals surface area (Å²) < 4.78 is 0. The van der Waals surface area contributed by atoms with Crippen molar-refractivity contribution in [2.24, 2.45) is 0 Å². The van der Waals surface area contributed by atoms with Crippen molar-refractivity contribution in [2.45, 2.75) is 6.42 Å². The summed E-state index contributed by atoms with van der Waals surface area (Å²) in [6.45, 7) is 0. The van der Waals surface area contributed by atoms with Crippen LogP contribution in [0, 0.1) is 0 Å². The molecule has 0 aliphatic rings. The highest BCUT2D eigenvalue weighted by Crippen LogP contribution is 2.24. The predicted molar refractivity (Wildman–Crippen MR) is 96.5 cm³/mol. The highest BCUT2D eigenvalue weighted by atomic mass is 16.1. The Labute approximate surface area is 142 Å². The third-order valence-corrected chi connectivity index (χ3v) is 4.23. The lowest BCUT2D eigenvalue weighted by Crippen LogP contribution is -2.12. The summed E-state index contributed by atoms with van der Waals surface area (Å²) in [6, 6.07) is 19.1. The van der Waals surface area contributed by atoms with Crippen LogP contribution in [0.25, 0.3) is 22.5 Å². The van der Waals surface area contributed by atoms with Crippen molar-refractivity contribution in [1.82, 2.24) is 20.4 Å². The van der Waals surface area contributed by atoms with Gasteiger partial charge in [0, 0.05) is 17.5 Å². The molecule has 6 heteroatoms. The first-order valence-corrected chi connectivity index (χ1v) is 7.94. The summed E-state index contributed by atoms with van der Waals surface area (Å²) in [5, 5.41) is 11.1. The van der Waals surface area contributed by atoms with Gasteiger partial charge in [-0.3, -0.25) is 30.0 Å². The molecular weight excluding hydrogens is 316 g/mol. The minimum atomic E-state index is -0.224. The Hall–Kier alpha value is -3.54. The van der Waals surface area contributed by atoms with E-state index in [1.54, 1.807) is 0 Å². The number of hydrogen-bond acceptors (Lipinski definition) is 2. The Kier molecular flexibility index (Phi) is 3.70. The average molecular weight is 332 g/mol. The van der Waals surface area contributed by atoms with E-state index in [4.69, 9.17) is 0 Å². The van der Waals surface area contributed by atoms with E-state index < -0.39 is 0 Å². The first-order chi connectivity index (χ1) is 12.2. The molecule has 124 valence electrons. The zero-order chi connectivity index (χ0) is 17.2. The van der Waals surface area contributed by atoms with Gasteiger partial charge in [0.2, 0.25) is 0 Å². The van der Waals surface area contributed by atoms with Gasteiger partial charge in [-0.25, -0.2) is 0 Å². The molecule has 0 radical (unpaired) electrons. The summed E-state index contributed by atoms with van der Waals surface area (Å²) in [4.78, 5) is 24.6. The maximum atomic E-state index is 12.3. The summed E-state index contributed by atoms with van der Waals surface area (Å²) in [5.41, 5.74) is 3.81. The first-order valence-electron chi connectivity index (χ1n) is 7.94. The highest BCUT2D eigenvalue weighted by Gasteiger charge is 2.18. The van der Waals surface area contributed by atoms with Crippen molar-refractivity contribution in [3.05, 3.63) is 92.5 Å². The quantitative estimate of drug-likeness (QED) is 0.462. The van der Waals surface area contributed by atoms with Gasteiger partial charge in [0.05, 0.1) is 11.4 Å². The Bertz CT molecular complexity index is 1010. The maximum Gasteiger partial charge on any atom is 0.268 e. The van der Waals surface area contributed by atoms with Crippen LogP contribution < -0.4 is 11.1 Å². The van der Waals surface area contributed by atoms with Gasteiger partial charge in [-0.05, 0) is 11.1 Å². The monoisotopic (exact) mass is 332 g/mol. The van der Waals surface area contributed by atoms with Crippen molar-refractivity contribution in [3.63, 3.8) is 0 Å². The molecular formula is C19H16N4O2. The van der Waals surface area contributed by atoms with Gasteiger partial charge < -0.3 is 0 Å². The van der Waals surface area contributed by atoms with Crippen LogP contribution in [0.4, 0.5) is 0 Å². The molecule has 0 unspecified atom stereocenters. The SMILES string of the molecule is O=c1[nH][nH]c(-c2ccccc2)c1Cc1c(-c2ccccc2)[nH][nH]c1=O. The second-order valence-electron chi connectivity index (χ2n) is 5.77. The molecule has 0 fully saturated rings. The molecule has 0 aliphatic heterocycles. The fourth-order valence-corrected chi connectivity index (χ4v) is 2.98. The van der Waals surface area contributed by atoms with Crippen molar-refractivity contribution in [1.29, 1.82) is 0 Å². The average Bonchev–Trinajstić information content (AvgIpc) is 3.21. The Balaban J connectivity index is 1.81. The van der Waals surface area contributed by atoms with Gasteiger partial charge in [-0.1, -0.05) is 60.7 Å². The molecule has 6 nitrogen and oxygen atoms in total. The lowest BCUT2D eigenvalue weighted by molar-refractivity contribution is 1.05. The molecule has 4 rings (SSSR count). The topological polar surface area (TPSA) is 97.3 Å². The Morgan fingerprint density at radius 1 is 0.560 bits per heavy atom. The molecule has 4 aromatic rings. The molecule has 4 N–H and O–H groups in total. The maximum absolute atomic E-state index is 12.3. The van der Waals surface area contributed by atoms with Crippen LogP contribution in [0.1, 0.15) is 11.1 Å². The second-order valence-corrected chi connectivity index (χ2v) is 5.77. The van der Waals surface area contributed by atoms with Crippen molar-refractivity contribution >= 4 is 0 Å². The number of H-pyrrole nitrogens is 4. The smallest absolute Gasteiger partial charge is 0.268 e. The first kappa shape index (κ1) is 15.0. The molecule has 0 aliphatic carbocycles. The van der Waals surface area contributed by atoms with Gasteiger partial charge in [-0.15, -0.1) is 0 Å². The third kappa shape index (κ3) is 2.74. The van der Waals surface area contributed by atoms with Crippen LogP contribution in [-0.2, 0) is 6.42 Å². The van der Waals surface area contributed by atoms with Crippen molar-refractivity contribution in [2.75, 3.05) is 0 Å². The molecule has 2 heterocycles. The van der Waals surface area contributed by atoms with E-state index in [1.807, 2.05) is 60.7 Å². The fourth-order valence-electron chi connectivity index (χ4n) is 2.98. The molecule has 2 aromatic carbocycles. The summed E-state index contributed by atoms with van der Waals surface area (Å²) in [7, 11) is 0. The van der Waals surface area contributed by atoms with Gasteiger partial charge in [0.25, 0.3) is 11.1 Å². The fraction of sp³-hybridized carbons (Fsp3) is 0.0526. The molecule has 0 amide bonds. The van der Waals surface area contributed by atoms with E-state index >= 15 is 0 Å². The standard InChI is InChI=1S/C19H16N4O2/c24-18-14(16(20-22-18)12-7-3-1-4-8-12)11-15-17(21-23-19(15)25)13-9-5-2-6-10-13/h1-10H,11H2,(H2,20,22,24)(H2,21,23,25). The van der Waals surface area contributed by atoms with Gasteiger partial charge in [0.1, 0.15) is 0 Å². The lowest BCUT2D eigenvalue weighted by atomic mass is 9.99. The van der Waals surface area contributed by atoms with Crippen LogP contribution in [0.2, 0.25) is 0 Å². The van der Waals surface area contributed by atoms with Crippen LogP contribution in [0.3, 0.4) is 0 Å². The van der Waals surface area contributed by atoms with E-state index in [9.17, 15) is 9.59 Å². The summed E-state index contributed by atoms with van der Waals surface area (Å²) >= 11 is 0. The van der Waals surface area contributed by atoms with E-state index in [-0.39, 0.29) is 17.5 Å². The zero-order valence-corrected chi connectivity index (χ0v) is 13.3. The molecule has 0 atom stereocenters. The van der Waals surface area contributed by atoms with Gasteiger partial charge in [0.15, 0.2) is 0 Å². The number of hydrogen-bond donors (Lipinski definition) is 4. The summed E-state index contributed by atoms with van der Waals surface area (Å²) in [6.07, 6.45) is 0.228. The summed E-state index contributed by atoms with van der Waals surface area (Å²) in [5.74, 6) is 0. The number of aromatic amines is 4. The molecule has 0 spiro atoms. The molecule has 2 aromatic heterocycles. The highest BCUT2D eigenvalue weighted by molar-refractivity contribution is 5.66. The van der Waals surface area contributed by atoms with E-state index in [0.29, 0.717) is 22.5 Å². The minimum Gasteiger partial charge on any atom is -0.297 e. The van der Waals surface area contributed by atoms with Crippen molar-refractivity contribution in [3.8, 4) is 22.5 Å². The zero-order valence-electron chi connectivity index (χ0n) is 13.3. The molecule has 0 bridgehead atoms. The molecule has 0 saturated carbocycles. The van der Waals surface area contributed by atoms with Crippen LogP contribution in [0.5, 0.6) is 0 Å². The number of rotatable bonds is 4. The predicted octanol–water partition coefficient (Wildman–Crippen LogP) is 2.64. The lowest BCUT2D eigenvalue weighted by Gasteiger charge is -2.04. The molecule has 0 saturated heterocycles. The van der Waals surface area contributed by atoms with Crippen LogP contribution in [-0.4, -0.2) is 20.4 Å². The molecule has 25 heavy (non-hydrogen) atoms. The van der Waals surface area contributed by atoms with Gasteiger partial charge >= 0.3 is 0 Å². The number of nitrogens with one attached hydrogen (secondary N) is 4. The van der Waals surface area contributed by atoms with E-state index in [2.05, 4.69) is 20.4 Å². The number of aromatic nitrogens is 4. The Morgan fingerprint density at radius 3 is 1.36 bits per heavy atom. The Morgan fingerprint density at radius 2 is 0.960 bits per heavy atom. The largest absolute Gasteiger partial charge is 0.297 e. The van der Waals surface area contributed by atoms with Crippen LogP contribution in [0.15, 0.2) is 70.3 Å². The third-order valence-electron chi connectivity index (χ3n) is 4.23. The van der Waals surface area contributed by atoms with E-state index in [1.165, 1.54) is 0 Å². The van der Waals surface area contributed by atoms with Crippen LogP contribution >= 0.6 is 0 Å². The van der Waals surface area contributed by atoms with Gasteiger partial charge in [-0.2, -0.15) is 0 Å².